The van der Waals surface area contributed by atoms with Gasteiger partial charge in [0, 0.05) is 17.2 Å². The summed E-state index contributed by atoms with van der Waals surface area (Å²) in [5.41, 5.74) is -0.131. The second-order valence-corrected chi connectivity index (χ2v) is 6.65. The van der Waals surface area contributed by atoms with Gasteiger partial charge in [0.25, 0.3) is 10.0 Å². The van der Waals surface area contributed by atoms with Crippen LogP contribution in [0.2, 0.25) is 0 Å². The second kappa shape index (κ2) is 6.40. The van der Waals surface area contributed by atoms with E-state index < -0.39 is 15.8 Å². The molecular weight excluding hydrogens is 361 g/mol. The fourth-order valence-electron chi connectivity index (χ4n) is 1.61. The van der Waals surface area contributed by atoms with Gasteiger partial charge < -0.3 is 5.32 Å². The van der Waals surface area contributed by atoms with Crippen LogP contribution in [0, 0.1) is 5.82 Å². The van der Waals surface area contributed by atoms with Crippen LogP contribution in [-0.4, -0.2) is 19.9 Å². The van der Waals surface area contributed by atoms with Gasteiger partial charge in [-0.25, -0.2) is 17.8 Å². The van der Waals surface area contributed by atoms with Crippen LogP contribution in [0.4, 0.5) is 15.9 Å². The standard InChI is InChI=1S/C13H13BrFN3O2S/c1-2-16-12-7-6-9(8-17-12)21(19,20)18-13-10(14)4-3-5-11(13)15/h3-8,18H,2H2,1H3,(H,16,17). The van der Waals surface area contributed by atoms with Crippen LogP contribution < -0.4 is 10.0 Å². The first kappa shape index (κ1) is 15.7. The van der Waals surface area contributed by atoms with E-state index in [4.69, 9.17) is 0 Å². The maximum Gasteiger partial charge on any atom is 0.263 e. The lowest BCUT2D eigenvalue weighted by molar-refractivity contribution is 0.598. The number of rotatable bonds is 5. The number of aromatic nitrogens is 1. The van der Waals surface area contributed by atoms with Gasteiger partial charge in [-0.15, -0.1) is 0 Å². The van der Waals surface area contributed by atoms with E-state index in [0.29, 0.717) is 16.8 Å². The van der Waals surface area contributed by atoms with E-state index in [1.165, 1.54) is 24.4 Å². The Kier molecular flexibility index (Phi) is 4.79. The number of halogens is 2. The molecule has 0 aliphatic rings. The first-order chi connectivity index (χ1) is 9.94. The Labute approximate surface area is 130 Å². The molecule has 8 heteroatoms. The molecule has 0 radical (unpaired) electrons. The Bertz CT molecular complexity index is 715. The third-order valence-electron chi connectivity index (χ3n) is 2.60. The third kappa shape index (κ3) is 3.70. The quantitative estimate of drug-likeness (QED) is 0.843. The van der Waals surface area contributed by atoms with Crippen LogP contribution in [0.25, 0.3) is 0 Å². The van der Waals surface area contributed by atoms with Crippen LogP contribution in [0.1, 0.15) is 6.92 Å². The molecule has 0 unspecified atom stereocenters. The zero-order valence-corrected chi connectivity index (χ0v) is 13.5. The van der Waals surface area contributed by atoms with E-state index in [1.54, 1.807) is 12.1 Å². The van der Waals surface area contributed by atoms with Crippen molar-refractivity contribution in [3.63, 3.8) is 0 Å². The van der Waals surface area contributed by atoms with Gasteiger partial charge in [-0.3, -0.25) is 4.72 Å². The molecule has 2 aromatic rings. The molecule has 1 aromatic heterocycles. The molecule has 0 saturated heterocycles. The minimum atomic E-state index is -3.90. The summed E-state index contributed by atoms with van der Waals surface area (Å²) in [5, 5.41) is 2.96. The van der Waals surface area contributed by atoms with E-state index in [2.05, 4.69) is 31.0 Å². The summed E-state index contributed by atoms with van der Waals surface area (Å²) >= 11 is 3.11. The van der Waals surface area contributed by atoms with Gasteiger partial charge in [0.05, 0.1) is 5.69 Å². The van der Waals surface area contributed by atoms with Gasteiger partial charge in [-0.2, -0.15) is 0 Å². The molecule has 0 spiro atoms. The van der Waals surface area contributed by atoms with Gasteiger partial charge in [-0.1, -0.05) is 6.07 Å². The topological polar surface area (TPSA) is 71.1 Å². The van der Waals surface area contributed by atoms with Crippen molar-refractivity contribution in [3.05, 3.63) is 46.8 Å². The monoisotopic (exact) mass is 373 g/mol. The Hall–Kier alpha value is -1.67. The first-order valence-corrected chi connectivity index (χ1v) is 8.38. The zero-order valence-electron chi connectivity index (χ0n) is 11.1. The molecule has 0 bridgehead atoms. The molecule has 0 atom stereocenters. The average molecular weight is 374 g/mol. The minimum absolute atomic E-state index is 0.0423. The summed E-state index contributed by atoms with van der Waals surface area (Å²) in [6.07, 6.45) is 1.22. The number of hydrogen-bond acceptors (Lipinski definition) is 4. The van der Waals surface area contributed by atoms with Crippen molar-refractivity contribution < 1.29 is 12.8 Å². The van der Waals surface area contributed by atoms with Crippen molar-refractivity contribution in [2.24, 2.45) is 0 Å². The van der Waals surface area contributed by atoms with Crippen LogP contribution in [0.3, 0.4) is 0 Å². The Morgan fingerprint density at radius 2 is 2.05 bits per heavy atom. The molecular formula is C13H13BrFN3O2S. The molecule has 112 valence electrons. The van der Waals surface area contributed by atoms with Crippen molar-refractivity contribution in [1.82, 2.24) is 4.98 Å². The number of sulfonamides is 1. The lowest BCUT2D eigenvalue weighted by Gasteiger charge is -2.11. The fraction of sp³-hybridized carbons (Fsp3) is 0.154. The SMILES string of the molecule is CCNc1ccc(S(=O)(=O)Nc2c(F)cccc2Br)cn1. The summed E-state index contributed by atoms with van der Waals surface area (Å²) < 4.78 is 40.6. The average Bonchev–Trinajstić information content (AvgIpc) is 2.44. The van der Waals surface area contributed by atoms with Crippen LogP contribution >= 0.6 is 15.9 Å². The first-order valence-electron chi connectivity index (χ1n) is 6.11. The van der Waals surface area contributed by atoms with E-state index in [-0.39, 0.29) is 10.6 Å². The third-order valence-corrected chi connectivity index (χ3v) is 4.60. The predicted molar refractivity (Wildman–Crippen MR) is 83.3 cm³/mol. The summed E-state index contributed by atoms with van der Waals surface area (Å²) in [5.74, 6) is -0.0892. The normalized spacial score (nSPS) is 11.2. The van der Waals surface area contributed by atoms with Crippen molar-refractivity contribution in [3.8, 4) is 0 Å². The second-order valence-electron chi connectivity index (χ2n) is 4.11. The van der Waals surface area contributed by atoms with Crippen LogP contribution in [0.5, 0.6) is 0 Å². The van der Waals surface area contributed by atoms with Crippen molar-refractivity contribution in [2.45, 2.75) is 11.8 Å². The highest BCUT2D eigenvalue weighted by Crippen LogP contribution is 2.27. The number of para-hydroxylation sites is 1. The summed E-state index contributed by atoms with van der Waals surface area (Å²) in [6.45, 7) is 2.59. The highest BCUT2D eigenvalue weighted by Gasteiger charge is 2.18. The molecule has 21 heavy (non-hydrogen) atoms. The molecule has 2 N–H and O–H groups in total. The largest absolute Gasteiger partial charge is 0.370 e. The Morgan fingerprint density at radius 3 is 2.62 bits per heavy atom. The van der Waals surface area contributed by atoms with Gasteiger partial charge in [0.1, 0.15) is 16.5 Å². The minimum Gasteiger partial charge on any atom is -0.370 e. The molecule has 1 aromatic carbocycles. The van der Waals surface area contributed by atoms with Crippen LogP contribution in [-0.2, 0) is 10.0 Å². The van der Waals surface area contributed by atoms with Crippen molar-refractivity contribution >= 4 is 37.5 Å². The maximum absolute atomic E-state index is 13.7. The molecule has 2 rings (SSSR count). The van der Waals surface area contributed by atoms with Gasteiger partial charge >= 0.3 is 0 Å². The van der Waals surface area contributed by atoms with Crippen LogP contribution in [0.15, 0.2) is 45.9 Å². The Balaban J connectivity index is 2.30. The number of anilines is 2. The highest BCUT2D eigenvalue weighted by atomic mass is 79.9. The van der Waals surface area contributed by atoms with E-state index in [0.717, 1.165) is 0 Å². The molecule has 1 heterocycles. The Morgan fingerprint density at radius 1 is 1.29 bits per heavy atom. The number of nitrogens with zero attached hydrogens (tertiary/aromatic N) is 1. The van der Waals surface area contributed by atoms with Gasteiger partial charge in [0.2, 0.25) is 0 Å². The van der Waals surface area contributed by atoms with E-state index >= 15 is 0 Å². The predicted octanol–water partition coefficient (Wildman–Crippen LogP) is 3.22. The van der Waals surface area contributed by atoms with Gasteiger partial charge in [0.15, 0.2) is 0 Å². The van der Waals surface area contributed by atoms with Gasteiger partial charge in [-0.05, 0) is 47.1 Å². The molecule has 5 nitrogen and oxygen atoms in total. The van der Waals surface area contributed by atoms with E-state index in [1.807, 2.05) is 6.92 Å². The molecule has 0 saturated carbocycles. The number of pyridine rings is 1. The molecule has 0 aliphatic carbocycles. The molecule has 0 fully saturated rings. The zero-order chi connectivity index (χ0) is 15.5. The lowest BCUT2D eigenvalue weighted by Crippen LogP contribution is -2.15. The molecule has 0 aliphatic heterocycles. The van der Waals surface area contributed by atoms with Crippen molar-refractivity contribution in [1.29, 1.82) is 0 Å². The lowest BCUT2D eigenvalue weighted by atomic mass is 10.3. The summed E-state index contributed by atoms with van der Waals surface area (Å²) in [7, 11) is -3.90. The summed E-state index contributed by atoms with van der Waals surface area (Å²) in [6, 6.07) is 7.16. The number of benzene rings is 1. The smallest absolute Gasteiger partial charge is 0.263 e. The number of nitrogens with one attached hydrogen (secondary N) is 2. The maximum atomic E-state index is 13.7. The fourth-order valence-corrected chi connectivity index (χ4v) is 3.22. The van der Waals surface area contributed by atoms with Crippen molar-refractivity contribution in [2.75, 3.05) is 16.6 Å². The van der Waals surface area contributed by atoms with E-state index in [9.17, 15) is 12.8 Å². The molecule has 0 amide bonds. The highest BCUT2D eigenvalue weighted by molar-refractivity contribution is 9.10. The number of hydrogen-bond donors (Lipinski definition) is 2. The summed E-state index contributed by atoms with van der Waals surface area (Å²) in [4.78, 5) is 3.94.